The minimum Gasteiger partial charge on any atom is -0.507 e. The van der Waals surface area contributed by atoms with Gasteiger partial charge in [-0.05, 0) is 73.2 Å². The number of allylic oxidation sites excluding steroid dienone is 2. The molecule has 1 aromatic rings. The second kappa shape index (κ2) is 14.5. The quantitative estimate of drug-likeness (QED) is 0.304. The van der Waals surface area contributed by atoms with Crippen LogP contribution in [-0.4, -0.2) is 76.7 Å². The number of amides is 3. The lowest BCUT2D eigenvalue weighted by atomic mass is 9.95. The van der Waals surface area contributed by atoms with Crippen molar-refractivity contribution in [3.63, 3.8) is 0 Å². The number of hydrogen-bond donors (Lipinski definition) is 4. The highest BCUT2D eigenvalue weighted by atomic mass is 79.9. The molecule has 4 N–H and O–H groups in total. The van der Waals surface area contributed by atoms with E-state index in [0.29, 0.717) is 22.9 Å². The van der Waals surface area contributed by atoms with Crippen LogP contribution in [0.4, 0.5) is 0 Å². The van der Waals surface area contributed by atoms with Gasteiger partial charge in [-0.2, -0.15) is 0 Å². The third-order valence-electron chi connectivity index (χ3n) is 6.73. The summed E-state index contributed by atoms with van der Waals surface area (Å²) < 4.78 is 5.98. The zero-order valence-electron chi connectivity index (χ0n) is 23.4. The number of aliphatic hydroxyl groups excluding tert-OH is 1. The van der Waals surface area contributed by atoms with Crippen molar-refractivity contribution in [2.75, 3.05) is 13.7 Å². The highest BCUT2D eigenvalue weighted by Gasteiger charge is 2.34. The van der Waals surface area contributed by atoms with E-state index in [-0.39, 0.29) is 18.1 Å². The largest absolute Gasteiger partial charge is 0.507 e. The Hall–Kier alpha value is -2.92. The first-order chi connectivity index (χ1) is 18.2. The van der Waals surface area contributed by atoms with Gasteiger partial charge >= 0.3 is 5.97 Å². The number of aromatic hydroxyl groups is 1. The number of carbonyl (C=O) groups is 4. The zero-order valence-corrected chi connectivity index (χ0v) is 24.9. The van der Waals surface area contributed by atoms with Crippen LogP contribution in [0, 0.1) is 11.8 Å². The lowest BCUT2D eigenvalue weighted by Crippen LogP contribution is -2.58. The molecule has 0 unspecified atom stereocenters. The average molecular weight is 611 g/mol. The first-order valence-corrected chi connectivity index (χ1v) is 13.9. The number of rotatable bonds is 3. The molecule has 0 bridgehead atoms. The third-order valence-corrected chi connectivity index (χ3v) is 7.37. The van der Waals surface area contributed by atoms with E-state index in [1.807, 2.05) is 19.9 Å². The van der Waals surface area contributed by atoms with Crippen LogP contribution >= 0.6 is 15.9 Å². The van der Waals surface area contributed by atoms with Gasteiger partial charge in [-0.1, -0.05) is 31.6 Å². The zero-order chi connectivity index (χ0) is 29.4. The Labute approximate surface area is 238 Å². The van der Waals surface area contributed by atoms with Crippen molar-refractivity contribution in [3.8, 4) is 5.75 Å². The van der Waals surface area contributed by atoms with Crippen molar-refractivity contribution >= 4 is 39.6 Å². The number of ether oxygens (including phenoxy) is 1. The van der Waals surface area contributed by atoms with Gasteiger partial charge in [-0.25, -0.2) is 4.79 Å². The fraction of sp³-hybridized carbons (Fsp3) is 0.571. The standard InChI is InChI=1S/C28H40BrN3O7/c1-15-9-16(2)11-18(4)39-28(38)19(5)30-26(36)23(13-20-7-8-24(34)21(29)12-20)32(6)27(37)22(14-33)31-25(35)17(3)10-15/h7-9,12,16-19,22-23,33-34H,10-11,13-14H2,1-6H3,(H,30,36)(H,31,35)/b15-9+/t16-,17-,18-,19-,22-,23+/m0/s1. The number of likely N-dealkylation sites (N-methyl/N-ethyl adjacent to an activating group) is 1. The molecule has 1 aliphatic rings. The minimum atomic E-state index is -1.27. The second-order valence-electron chi connectivity index (χ2n) is 10.5. The van der Waals surface area contributed by atoms with Crippen LogP contribution in [0.15, 0.2) is 34.3 Å². The van der Waals surface area contributed by atoms with E-state index < -0.39 is 60.4 Å². The van der Waals surface area contributed by atoms with Crippen molar-refractivity contribution in [1.82, 2.24) is 15.5 Å². The first kappa shape index (κ1) is 32.3. The van der Waals surface area contributed by atoms with Crippen molar-refractivity contribution in [2.24, 2.45) is 11.8 Å². The molecule has 6 atom stereocenters. The smallest absolute Gasteiger partial charge is 0.328 e. The van der Waals surface area contributed by atoms with Crippen molar-refractivity contribution in [3.05, 3.63) is 39.9 Å². The Kier molecular flexibility index (Phi) is 12.0. The molecule has 3 amide bonds. The van der Waals surface area contributed by atoms with Gasteiger partial charge in [-0.15, -0.1) is 0 Å². The van der Waals surface area contributed by atoms with E-state index in [2.05, 4.69) is 26.6 Å². The Morgan fingerprint density at radius 2 is 1.74 bits per heavy atom. The number of halogens is 1. The molecular formula is C28H40BrN3O7. The molecule has 216 valence electrons. The SMILES string of the molecule is C/C1=C\[C@H](C)C[C@H](C)OC(=O)[C@H](C)NC(=O)[C@@H](Cc2ccc(O)c(Br)c2)N(C)C(=O)[C@H](CO)NC(=O)[C@@H](C)C1. The molecule has 0 radical (unpaired) electrons. The molecule has 11 heteroatoms. The summed E-state index contributed by atoms with van der Waals surface area (Å²) in [5, 5.41) is 25.1. The molecule has 0 aliphatic carbocycles. The molecule has 1 aliphatic heterocycles. The van der Waals surface area contributed by atoms with Crippen LogP contribution in [0.2, 0.25) is 0 Å². The second-order valence-corrected chi connectivity index (χ2v) is 11.4. The van der Waals surface area contributed by atoms with Crippen LogP contribution in [0.5, 0.6) is 5.75 Å². The van der Waals surface area contributed by atoms with Crippen LogP contribution in [0.1, 0.15) is 53.0 Å². The molecule has 0 saturated heterocycles. The predicted molar refractivity (Wildman–Crippen MR) is 150 cm³/mol. The summed E-state index contributed by atoms with van der Waals surface area (Å²) in [6.45, 7) is 8.28. The average Bonchev–Trinajstić information content (AvgIpc) is 2.85. The summed E-state index contributed by atoms with van der Waals surface area (Å²) in [4.78, 5) is 53.6. The molecule has 0 fully saturated rings. The Morgan fingerprint density at radius 1 is 1.08 bits per heavy atom. The van der Waals surface area contributed by atoms with Crippen LogP contribution in [0.25, 0.3) is 0 Å². The summed E-state index contributed by atoms with van der Waals surface area (Å²) in [7, 11) is 1.40. The number of benzene rings is 1. The number of nitrogens with one attached hydrogen (secondary N) is 2. The van der Waals surface area contributed by atoms with E-state index in [4.69, 9.17) is 4.74 Å². The summed E-state index contributed by atoms with van der Waals surface area (Å²) in [6.07, 6.45) is 2.67. The van der Waals surface area contributed by atoms with Crippen molar-refractivity contribution in [2.45, 2.75) is 78.1 Å². The Bertz CT molecular complexity index is 1090. The Balaban J connectivity index is 2.44. The lowest BCUT2D eigenvalue weighted by molar-refractivity contribution is -0.153. The molecule has 1 heterocycles. The van der Waals surface area contributed by atoms with E-state index in [0.717, 1.165) is 10.5 Å². The summed E-state index contributed by atoms with van der Waals surface area (Å²) in [5.74, 6) is -2.65. The summed E-state index contributed by atoms with van der Waals surface area (Å²) >= 11 is 3.25. The van der Waals surface area contributed by atoms with E-state index in [9.17, 15) is 29.4 Å². The van der Waals surface area contributed by atoms with Gasteiger partial charge in [0.2, 0.25) is 17.7 Å². The van der Waals surface area contributed by atoms with Crippen LogP contribution in [0.3, 0.4) is 0 Å². The van der Waals surface area contributed by atoms with E-state index in [1.165, 1.54) is 20.0 Å². The number of nitrogens with zero attached hydrogens (tertiary/aromatic N) is 1. The van der Waals surface area contributed by atoms with Crippen molar-refractivity contribution < 1.29 is 34.1 Å². The normalized spacial score (nSPS) is 29.8. The molecular weight excluding hydrogens is 570 g/mol. The molecule has 0 aromatic heterocycles. The maximum absolute atomic E-state index is 13.4. The number of hydrogen-bond acceptors (Lipinski definition) is 7. The number of aliphatic hydroxyl groups is 1. The monoisotopic (exact) mass is 609 g/mol. The molecule has 0 spiro atoms. The first-order valence-electron chi connectivity index (χ1n) is 13.1. The van der Waals surface area contributed by atoms with Gasteiger partial charge in [0.25, 0.3) is 0 Å². The van der Waals surface area contributed by atoms with Gasteiger partial charge in [-0.3, -0.25) is 14.4 Å². The van der Waals surface area contributed by atoms with Crippen molar-refractivity contribution in [1.29, 1.82) is 0 Å². The number of phenolic OH excluding ortho intramolecular Hbond substituents is 1. The van der Waals surface area contributed by atoms with Gasteiger partial charge < -0.3 is 30.5 Å². The highest BCUT2D eigenvalue weighted by molar-refractivity contribution is 9.10. The molecule has 10 nitrogen and oxygen atoms in total. The number of phenols is 1. The molecule has 0 saturated carbocycles. The third kappa shape index (κ3) is 9.35. The molecule has 39 heavy (non-hydrogen) atoms. The van der Waals surface area contributed by atoms with E-state index >= 15 is 0 Å². The van der Waals surface area contributed by atoms with E-state index in [1.54, 1.807) is 26.0 Å². The fourth-order valence-electron chi connectivity index (χ4n) is 4.64. The van der Waals surface area contributed by atoms with Gasteiger partial charge in [0.15, 0.2) is 0 Å². The van der Waals surface area contributed by atoms with Gasteiger partial charge in [0.05, 0.1) is 17.2 Å². The summed E-state index contributed by atoms with van der Waals surface area (Å²) in [5.41, 5.74) is 1.61. The maximum atomic E-state index is 13.4. The topological polar surface area (TPSA) is 145 Å². The van der Waals surface area contributed by atoms with Gasteiger partial charge in [0.1, 0.15) is 23.9 Å². The minimum absolute atomic E-state index is 0.0133. The van der Waals surface area contributed by atoms with Crippen LogP contribution < -0.4 is 10.6 Å². The summed E-state index contributed by atoms with van der Waals surface area (Å²) in [6, 6.07) is 1.33. The maximum Gasteiger partial charge on any atom is 0.328 e. The number of esters is 1. The lowest BCUT2D eigenvalue weighted by Gasteiger charge is -2.31. The molecule has 2 rings (SSSR count). The van der Waals surface area contributed by atoms with Crippen LogP contribution in [-0.2, 0) is 30.3 Å². The highest BCUT2D eigenvalue weighted by Crippen LogP contribution is 2.25. The molecule has 1 aromatic carbocycles. The fourth-order valence-corrected chi connectivity index (χ4v) is 5.07. The number of cyclic esters (lactones) is 1. The predicted octanol–water partition coefficient (Wildman–Crippen LogP) is 2.45. The Morgan fingerprint density at radius 3 is 2.36 bits per heavy atom. The number of carbonyl (C=O) groups excluding carboxylic acids is 4. The van der Waals surface area contributed by atoms with Gasteiger partial charge in [0, 0.05) is 19.4 Å².